The Morgan fingerprint density at radius 3 is 1.47 bits per heavy atom. The summed E-state index contributed by atoms with van der Waals surface area (Å²) in [6.07, 6.45) is 1.29. The summed E-state index contributed by atoms with van der Waals surface area (Å²) in [4.78, 5) is 18.5. The largest absolute Gasteiger partial charge is 0.344 e. The van der Waals surface area contributed by atoms with E-state index >= 15 is 0 Å². The van der Waals surface area contributed by atoms with Gasteiger partial charge in [0, 0.05) is 60.8 Å². The summed E-state index contributed by atoms with van der Waals surface area (Å²) in [7, 11) is 4.06. The van der Waals surface area contributed by atoms with Crippen molar-refractivity contribution in [3.8, 4) is 0 Å². The summed E-state index contributed by atoms with van der Waals surface area (Å²) >= 11 is 13.5. The maximum Gasteiger partial charge on any atom is 0.196 e. The summed E-state index contributed by atoms with van der Waals surface area (Å²) in [5.41, 5.74) is 9.58. The van der Waals surface area contributed by atoms with Crippen molar-refractivity contribution < 1.29 is 4.79 Å². The number of carbonyl (C=O) groups excluding carboxylic acids is 1. The minimum absolute atomic E-state index is 0.121. The minimum atomic E-state index is -0.121. The zero-order chi connectivity index (χ0) is 23.6. The van der Waals surface area contributed by atoms with Crippen molar-refractivity contribution in [1.82, 2.24) is 0 Å². The second-order valence-corrected chi connectivity index (χ2v) is 9.71. The molecule has 4 aromatic rings. The third-order valence-electron chi connectivity index (χ3n) is 7.09. The smallest absolute Gasteiger partial charge is 0.196 e. The van der Waals surface area contributed by atoms with Crippen molar-refractivity contribution in [2.75, 3.05) is 23.9 Å². The number of anilines is 4. The van der Waals surface area contributed by atoms with Crippen LogP contribution >= 0.6 is 23.2 Å². The van der Waals surface area contributed by atoms with Gasteiger partial charge in [-0.1, -0.05) is 59.6 Å². The molecule has 0 bridgehead atoms. The van der Waals surface area contributed by atoms with Gasteiger partial charge in [-0.05, 0) is 58.7 Å². The van der Waals surface area contributed by atoms with Gasteiger partial charge in [0.2, 0.25) is 0 Å². The van der Waals surface area contributed by atoms with Gasteiger partial charge in [-0.3, -0.25) is 4.79 Å². The number of hydrogen-bond acceptors (Lipinski definition) is 3. The topological polar surface area (TPSA) is 23.6 Å². The summed E-state index contributed by atoms with van der Waals surface area (Å²) < 4.78 is 0. The Labute approximate surface area is 209 Å². The van der Waals surface area contributed by atoms with Crippen LogP contribution in [0.2, 0.25) is 10.0 Å². The fraction of sp³-hybridized carbons (Fsp3) is 0.138. The molecule has 34 heavy (non-hydrogen) atoms. The van der Waals surface area contributed by atoms with E-state index in [2.05, 4.69) is 34.1 Å². The number of hydrogen-bond donors (Lipinski definition) is 0. The maximum absolute atomic E-state index is 14.3. The molecule has 0 atom stereocenters. The quantitative estimate of drug-likeness (QED) is 0.274. The molecule has 0 saturated heterocycles. The van der Waals surface area contributed by atoms with Gasteiger partial charge in [-0.15, -0.1) is 0 Å². The van der Waals surface area contributed by atoms with E-state index in [0.29, 0.717) is 34.0 Å². The molecule has 168 valence electrons. The molecule has 0 aromatic heterocycles. The van der Waals surface area contributed by atoms with Gasteiger partial charge in [-0.25, -0.2) is 0 Å². The van der Waals surface area contributed by atoms with Crippen molar-refractivity contribution in [2.45, 2.75) is 12.8 Å². The monoisotopic (exact) mass is 484 g/mol. The van der Waals surface area contributed by atoms with Gasteiger partial charge in [-0.2, -0.15) is 0 Å². The SMILES string of the molecule is CN1c2ccccc2Cc2c1ccc(Cl)c2C(=O)c1c(Cl)ccc2c1Cc1ccccc1N2C. The van der Waals surface area contributed by atoms with Crippen LogP contribution in [0.15, 0.2) is 72.8 Å². The number of para-hydroxylation sites is 2. The lowest BCUT2D eigenvalue weighted by molar-refractivity contribution is 0.103. The van der Waals surface area contributed by atoms with Crippen molar-refractivity contribution in [1.29, 1.82) is 0 Å². The lowest BCUT2D eigenvalue weighted by atomic mass is 9.85. The van der Waals surface area contributed by atoms with Crippen molar-refractivity contribution in [3.63, 3.8) is 0 Å². The minimum Gasteiger partial charge on any atom is -0.344 e. The molecule has 0 radical (unpaired) electrons. The van der Waals surface area contributed by atoms with Crippen LogP contribution in [0.5, 0.6) is 0 Å². The summed E-state index contributed by atoms with van der Waals surface area (Å²) in [5, 5.41) is 0.907. The van der Waals surface area contributed by atoms with Gasteiger partial charge < -0.3 is 9.80 Å². The highest BCUT2D eigenvalue weighted by Crippen LogP contribution is 2.45. The zero-order valence-electron chi connectivity index (χ0n) is 18.9. The lowest BCUT2D eigenvalue weighted by Crippen LogP contribution is -2.23. The molecular formula is C29H22Cl2N2O. The molecule has 2 aliphatic rings. The number of halogens is 2. The van der Waals surface area contributed by atoms with Crippen LogP contribution in [0, 0.1) is 0 Å². The molecule has 0 N–H and O–H groups in total. The molecule has 0 fully saturated rings. The number of benzene rings is 4. The number of nitrogens with zero attached hydrogens (tertiary/aromatic N) is 2. The maximum atomic E-state index is 14.3. The van der Waals surface area contributed by atoms with E-state index in [0.717, 1.165) is 33.9 Å². The normalized spacial score (nSPS) is 13.6. The highest BCUT2D eigenvalue weighted by atomic mass is 35.5. The second kappa shape index (κ2) is 7.90. The molecule has 6 rings (SSSR count). The predicted molar refractivity (Wildman–Crippen MR) is 141 cm³/mol. The molecule has 5 heteroatoms. The van der Waals surface area contributed by atoms with Gasteiger partial charge in [0.05, 0.1) is 10.0 Å². The van der Waals surface area contributed by atoms with Crippen LogP contribution in [-0.2, 0) is 12.8 Å². The number of rotatable bonds is 2. The first-order valence-electron chi connectivity index (χ1n) is 11.3. The molecule has 0 spiro atoms. The van der Waals surface area contributed by atoms with Crippen LogP contribution < -0.4 is 9.80 Å². The second-order valence-electron chi connectivity index (χ2n) is 8.90. The Hall–Kier alpha value is -3.27. The standard InChI is InChI=1S/C29H22Cl2N2O/c1-32-23-9-5-3-7-17(23)15-19-25(32)13-11-21(30)27(19)29(34)28-20-16-18-8-4-6-10-24(18)33(2)26(20)14-12-22(28)31/h3-14H,15-16H2,1-2H3. The summed E-state index contributed by atoms with van der Waals surface area (Å²) in [5.74, 6) is -0.121. The average Bonchev–Trinajstić information content (AvgIpc) is 2.84. The first-order chi connectivity index (χ1) is 16.5. The Kier molecular flexibility index (Phi) is 4.94. The fourth-order valence-electron chi connectivity index (χ4n) is 5.43. The Morgan fingerprint density at radius 2 is 1.03 bits per heavy atom. The Balaban J connectivity index is 1.53. The van der Waals surface area contributed by atoms with Crippen molar-refractivity contribution >= 4 is 51.7 Å². The van der Waals surface area contributed by atoms with Gasteiger partial charge in [0.1, 0.15) is 0 Å². The highest BCUT2D eigenvalue weighted by molar-refractivity contribution is 6.39. The van der Waals surface area contributed by atoms with Crippen LogP contribution in [0.25, 0.3) is 0 Å². The van der Waals surface area contributed by atoms with E-state index in [4.69, 9.17) is 23.2 Å². The molecular weight excluding hydrogens is 463 g/mol. The third kappa shape index (κ3) is 3.08. The first kappa shape index (κ1) is 21.3. The molecule has 0 aliphatic carbocycles. The van der Waals surface area contributed by atoms with Crippen LogP contribution in [-0.4, -0.2) is 19.9 Å². The van der Waals surface area contributed by atoms with E-state index in [1.165, 1.54) is 11.1 Å². The van der Waals surface area contributed by atoms with E-state index < -0.39 is 0 Å². The Bertz CT molecular complexity index is 1380. The van der Waals surface area contributed by atoms with Gasteiger partial charge in [0.25, 0.3) is 0 Å². The predicted octanol–water partition coefficient (Wildman–Crippen LogP) is 7.57. The van der Waals surface area contributed by atoms with Crippen molar-refractivity contribution in [2.24, 2.45) is 0 Å². The summed E-state index contributed by atoms with van der Waals surface area (Å²) in [6, 6.07) is 24.2. The van der Waals surface area contributed by atoms with Crippen LogP contribution in [0.1, 0.15) is 38.2 Å². The highest BCUT2D eigenvalue weighted by Gasteiger charge is 2.31. The molecule has 2 heterocycles. The molecule has 0 saturated carbocycles. The van der Waals surface area contributed by atoms with E-state index in [-0.39, 0.29) is 5.78 Å². The molecule has 4 aromatic carbocycles. The lowest BCUT2D eigenvalue weighted by Gasteiger charge is -2.33. The number of ketones is 1. The molecule has 2 aliphatic heterocycles. The first-order valence-corrected chi connectivity index (χ1v) is 12.0. The van der Waals surface area contributed by atoms with Crippen molar-refractivity contribution in [3.05, 3.63) is 116 Å². The average molecular weight is 485 g/mol. The summed E-state index contributed by atoms with van der Waals surface area (Å²) in [6.45, 7) is 0. The third-order valence-corrected chi connectivity index (χ3v) is 7.72. The zero-order valence-corrected chi connectivity index (χ0v) is 20.4. The van der Waals surface area contributed by atoms with E-state index in [9.17, 15) is 4.79 Å². The van der Waals surface area contributed by atoms with Gasteiger partial charge in [0.15, 0.2) is 5.78 Å². The van der Waals surface area contributed by atoms with Crippen LogP contribution in [0.4, 0.5) is 22.7 Å². The molecule has 3 nitrogen and oxygen atoms in total. The van der Waals surface area contributed by atoms with Gasteiger partial charge >= 0.3 is 0 Å². The molecule has 0 unspecified atom stereocenters. The van der Waals surface area contributed by atoms with E-state index in [1.807, 2.05) is 62.6 Å². The number of carbonyl (C=O) groups is 1. The van der Waals surface area contributed by atoms with E-state index in [1.54, 1.807) is 0 Å². The van der Waals surface area contributed by atoms with Crippen LogP contribution in [0.3, 0.4) is 0 Å². The number of fused-ring (bicyclic) bond motifs is 4. The molecule has 0 amide bonds. The Morgan fingerprint density at radius 1 is 0.618 bits per heavy atom. The fourth-order valence-corrected chi connectivity index (χ4v) is 5.96.